The molecule has 0 aromatic heterocycles. The molecule has 1 fully saturated rings. The summed E-state index contributed by atoms with van der Waals surface area (Å²) >= 11 is 0. The molecule has 2 aliphatic rings. The van der Waals surface area contributed by atoms with Gasteiger partial charge in [0.2, 0.25) is 5.91 Å². The Morgan fingerprint density at radius 2 is 1.92 bits per heavy atom. The number of hydrogen-bond acceptors (Lipinski definition) is 3. The molecule has 0 spiro atoms. The van der Waals surface area contributed by atoms with Crippen molar-refractivity contribution in [3.05, 3.63) is 35.4 Å². The predicted octanol–water partition coefficient (Wildman–Crippen LogP) is 2.78. The largest absolute Gasteiger partial charge is 0.354 e. The highest BCUT2D eigenvalue weighted by Crippen LogP contribution is 2.21. The highest BCUT2D eigenvalue weighted by atomic mass is 35.5. The van der Waals surface area contributed by atoms with Crippen LogP contribution < -0.4 is 10.6 Å². The highest BCUT2D eigenvalue weighted by molar-refractivity contribution is 5.85. The van der Waals surface area contributed by atoms with Crippen LogP contribution in [0.15, 0.2) is 24.3 Å². The Morgan fingerprint density at radius 3 is 2.60 bits per heavy atom. The van der Waals surface area contributed by atoms with E-state index in [-0.39, 0.29) is 36.6 Å². The van der Waals surface area contributed by atoms with Gasteiger partial charge in [0.05, 0.1) is 0 Å². The number of halogens is 2. The van der Waals surface area contributed by atoms with Gasteiger partial charge in [-0.1, -0.05) is 31.2 Å². The lowest BCUT2D eigenvalue weighted by Gasteiger charge is -2.35. The van der Waals surface area contributed by atoms with Crippen LogP contribution in [0.3, 0.4) is 0 Å². The third-order valence-electron chi connectivity index (χ3n) is 5.37. The van der Waals surface area contributed by atoms with E-state index in [0.717, 1.165) is 58.4 Å². The fourth-order valence-electron chi connectivity index (χ4n) is 3.81. The minimum atomic E-state index is 0. The minimum absolute atomic E-state index is 0. The Morgan fingerprint density at radius 1 is 1.24 bits per heavy atom. The molecule has 0 radical (unpaired) electrons. The molecule has 1 aromatic carbocycles. The van der Waals surface area contributed by atoms with E-state index >= 15 is 0 Å². The monoisotopic (exact) mass is 387 g/mol. The summed E-state index contributed by atoms with van der Waals surface area (Å²) in [4.78, 5) is 14.9. The van der Waals surface area contributed by atoms with E-state index in [1.54, 1.807) is 0 Å². The number of carbonyl (C=O) groups excluding carboxylic acids is 1. The summed E-state index contributed by atoms with van der Waals surface area (Å²) in [5.74, 6) is 0.457. The summed E-state index contributed by atoms with van der Waals surface area (Å²) in [7, 11) is 0. The van der Waals surface area contributed by atoms with Crippen LogP contribution in [0, 0.1) is 5.92 Å². The Balaban J connectivity index is 0.00000156. The average Bonchev–Trinajstić information content (AvgIpc) is 2.62. The average molecular weight is 388 g/mol. The van der Waals surface area contributed by atoms with E-state index in [9.17, 15) is 4.79 Å². The van der Waals surface area contributed by atoms with Crippen LogP contribution in [-0.4, -0.2) is 43.0 Å². The van der Waals surface area contributed by atoms with Crippen LogP contribution >= 0.6 is 24.8 Å². The number of amides is 1. The highest BCUT2D eigenvalue weighted by Gasteiger charge is 2.25. The second-order valence-electron chi connectivity index (χ2n) is 6.82. The molecule has 0 aliphatic carbocycles. The third-order valence-corrected chi connectivity index (χ3v) is 5.37. The number of fused-ring (bicyclic) bond motifs is 1. The first-order valence-electron chi connectivity index (χ1n) is 9.07. The Kier molecular flexibility index (Phi) is 9.80. The molecule has 25 heavy (non-hydrogen) atoms. The summed E-state index contributed by atoms with van der Waals surface area (Å²) in [5.41, 5.74) is 2.93. The van der Waals surface area contributed by atoms with E-state index in [0.29, 0.717) is 6.04 Å². The predicted molar refractivity (Wildman–Crippen MR) is 108 cm³/mol. The minimum Gasteiger partial charge on any atom is -0.354 e. The molecule has 1 atom stereocenters. The first-order valence-corrected chi connectivity index (χ1v) is 9.07. The van der Waals surface area contributed by atoms with Gasteiger partial charge < -0.3 is 10.6 Å². The summed E-state index contributed by atoms with van der Waals surface area (Å²) in [6.07, 6.45) is 4.14. The fourth-order valence-corrected chi connectivity index (χ4v) is 3.81. The van der Waals surface area contributed by atoms with Crippen molar-refractivity contribution < 1.29 is 4.79 Å². The molecule has 1 aromatic rings. The molecule has 4 nitrogen and oxygen atoms in total. The molecular formula is C19H31Cl2N3O. The number of rotatable bonds is 5. The zero-order valence-electron chi connectivity index (χ0n) is 15.0. The summed E-state index contributed by atoms with van der Waals surface area (Å²) in [6, 6.07) is 9.18. The molecule has 6 heteroatoms. The van der Waals surface area contributed by atoms with Crippen molar-refractivity contribution in [3.8, 4) is 0 Å². The second-order valence-corrected chi connectivity index (χ2v) is 6.82. The third kappa shape index (κ3) is 5.85. The van der Waals surface area contributed by atoms with Crippen molar-refractivity contribution in [3.63, 3.8) is 0 Å². The van der Waals surface area contributed by atoms with E-state index in [4.69, 9.17) is 0 Å². The molecular weight excluding hydrogens is 357 g/mol. The topological polar surface area (TPSA) is 44.4 Å². The molecule has 0 saturated carbocycles. The van der Waals surface area contributed by atoms with Gasteiger partial charge in [0, 0.05) is 31.6 Å². The molecule has 2 N–H and O–H groups in total. The van der Waals surface area contributed by atoms with E-state index in [1.165, 1.54) is 11.1 Å². The normalized spacial score (nSPS) is 19.1. The molecule has 0 bridgehead atoms. The molecule has 2 heterocycles. The molecule has 3 rings (SSSR count). The van der Waals surface area contributed by atoms with E-state index in [1.807, 2.05) is 0 Å². The van der Waals surface area contributed by atoms with Gasteiger partial charge in [-0.15, -0.1) is 24.8 Å². The van der Waals surface area contributed by atoms with Crippen LogP contribution in [0.4, 0.5) is 0 Å². The Hall–Kier alpha value is -0.810. The van der Waals surface area contributed by atoms with Gasteiger partial charge in [0.25, 0.3) is 0 Å². The van der Waals surface area contributed by atoms with Crippen LogP contribution in [0.25, 0.3) is 0 Å². The standard InChI is InChI=1S/C19H29N3O.2ClH/c1-2-18(13-21-19(23)16-7-10-20-11-8-16)22-12-9-15-5-3-4-6-17(15)14-22;;/h3-6,16,18,20H,2,7-14H2,1H3,(H,21,23);2*1H. The lowest BCUT2D eigenvalue weighted by Crippen LogP contribution is -2.47. The van der Waals surface area contributed by atoms with Gasteiger partial charge >= 0.3 is 0 Å². The van der Waals surface area contributed by atoms with Crippen LogP contribution in [-0.2, 0) is 17.8 Å². The molecule has 1 saturated heterocycles. The smallest absolute Gasteiger partial charge is 0.223 e. The van der Waals surface area contributed by atoms with Gasteiger partial charge in [-0.2, -0.15) is 0 Å². The first-order chi connectivity index (χ1) is 11.3. The van der Waals surface area contributed by atoms with Crippen molar-refractivity contribution in [1.29, 1.82) is 0 Å². The number of piperidine rings is 1. The van der Waals surface area contributed by atoms with E-state index in [2.05, 4.69) is 46.7 Å². The van der Waals surface area contributed by atoms with Crippen molar-refractivity contribution in [2.45, 2.75) is 45.2 Å². The van der Waals surface area contributed by atoms with Crippen LogP contribution in [0.5, 0.6) is 0 Å². The van der Waals surface area contributed by atoms with Crippen molar-refractivity contribution in [2.24, 2.45) is 5.92 Å². The van der Waals surface area contributed by atoms with Crippen molar-refractivity contribution >= 4 is 30.7 Å². The fraction of sp³-hybridized carbons (Fsp3) is 0.632. The maximum Gasteiger partial charge on any atom is 0.223 e. The van der Waals surface area contributed by atoms with E-state index < -0.39 is 0 Å². The zero-order chi connectivity index (χ0) is 16.1. The first kappa shape index (κ1) is 22.2. The Bertz CT molecular complexity index is 535. The number of nitrogens with one attached hydrogen (secondary N) is 2. The quantitative estimate of drug-likeness (QED) is 0.816. The molecule has 2 aliphatic heterocycles. The maximum atomic E-state index is 12.3. The molecule has 142 valence electrons. The number of nitrogens with zero attached hydrogens (tertiary/aromatic N) is 1. The number of carbonyl (C=O) groups is 1. The molecule has 1 unspecified atom stereocenters. The number of benzene rings is 1. The van der Waals surface area contributed by atoms with Gasteiger partial charge in [-0.05, 0) is 49.9 Å². The molecule has 1 amide bonds. The SMILES string of the molecule is CCC(CNC(=O)C1CCNCC1)N1CCc2ccccc2C1.Cl.Cl. The van der Waals surface area contributed by atoms with Gasteiger partial charge in [-0.3, -0.25) is 9.69 Å². The van der Waals surface area contributed by atoms with Gasteiger partial charge in [0.15, 0.2) is 0 Å². The summed E-state index contributed by atoms with van der Waals surface area (Å²) in [6.45, 7) is 7.05. The van der Waals surface area contributed by atoms with Gasteiger partial charge in [-0.25, -0.2) is 0 Å². The van der Waals surface area contributed by atoms with Crippen LogP contribution in [0.1, 0.15) is 37.3 Å². The summed E-state index contributed by atoms with van der Waals surface area (Å²) < 4.78 is 0. The van der Waals surface area contributed by atoms with Crippen molar-refractivity contribution in [2.75, 3.05) is 26.2 Å². The zero-order valence-corrected chi connectivity index (χ0v) is 16.6. The van der Waals surface area contributed by atoms with Crippen LogP contribution in [0.2, 0.25) is 0 Å². The second kappa shape index (κ2) is 11.0. The maximum absolute atomic E-state index is 12.3. The van der Waals surface area contributed by atoms with Crippen molar-refractivity contribution in [1.82, 2.24) is 15.5 Å². The summed E-state index contributed by atoms with van der Waals surface area (Å²) in [5, 5.41) is 6.53. The Labute approximate surface area is 163 Å². The lowest BCUT2D eigenvalue weighted by atomic mass is 9.96. The lowest BCUT2D eigenvalue weighted by molar-refractivity contribution is -0.126. The van der Waals surface area contributed by atoms with Gasteiger partial charge in [0.1, 0.15) is 0 Å². The number of hydrogen-bond donors (Lipinski definition) is 2.